The third kappa shape index (κ3) is 8.85. The van der Waals surface area contributed by atoms with Gasteiger partial charge >= 0.3 is 0 Å². The number of aliphatic hydroxyl groups is 2. The molecular formula is C12H26O3. The van der Waals surface area contributed by atoms with Crippen molar-refractivity contribution in [1.82, 2.24) is 0 Å². The largest absolute Gasteiger partial charge is 0.394 e. The van der Waals surface area contributed by atoms with Crippen LogP contribution in [-0.2, 0) is 4.74 Å². The van der Waals surface area contributed by atoms with Crippen molar-refractivity contribution >= 4 is 0 Å². The fraction of sp³-hybridized carbons (Fsp3) is 1.00. The van der Waals surface area contributed by atoms with Gasteiger partial charge in [-0.25, -0.2) is 0 Å². The van der Waals surface area contributed by atoms with E-state index in [1.165, 1.54) is 25.7 Å². The molecule has 0 heterocycles. The highest BCUT2D eigenvalue weighted by atomic mass is 16.5. The third-order valence-electron chi connectivity index (χ3n) is 2.73. The number of aliphatic hydroxyl groups excluding tert-OH is 2. The second-order valence-electron chi connectivity index (χ2n) is 4.12. The van der Waals surface area contributed by atoms with E-state index in [4.69, 9.17) is 14.9 Å². The Balaban J connectivity index is 3.37. The minimum atomic E-state index is -0.722. The number of hydrogen-bond acceptors (Lipinski definition) is 3. The summed E-state index contributed by atoms with van der Waals surface area (Å²) in [6.07, 6.45) is 5.36. The second-order valence-corrected chi connectivity index (χ2v) is 4.12. The van der Waals surface area contributed by atoms with Crippen LogP contribution in [0.5, 0.6) is 0 Å². The van der Waals surface area contributed by atoms with Gasteiger partial charge in [-0.2, -0.15) is 0 Å². The average Bonchev–Trinajstić information content (AvgIpc) is 2.27. The summed E-state index contributed by atoms with van der Waals surface area (Å²) in [5.74, 6) is 0.746. The predicted molar refractivity (Wildman–Crippen MR) is 61.8 cm³/mol. The Morgan fingerprint density at radius 2 is 1.93 bits per heavy atom. The van der Waals surface area contributed by atoms with E-state index in [0.717, 1.165) is 12.3 Å². The van der Waals surface area contributed by atoms with Gasteiger partial charge < -0.3 is 14.9 Å². The Bertz CT molecular complexity index is 128. The Morgan fingerprint density at radius 3 is 2.47 bits per heavy atom. The second kappa shape index (κ2) is 10.4. The molecule has 0 saturated carbocycles. The highest BCUT2D eigenvalue weighted by Gasteiger charge is 2.06. The van der Waals surface area contributed by atoms with Crippen molar-refractivity contribution < 1.29 is 14.9 Å². The molecule has 0 radical (unpaired) electrons. The summed E-state index contributed by atoms with van der Waals surface area (Å²) in [5.41, 5.74) is 0. The summed E-state index contributed by atoms with van der Waals surface area (Å²) in [6, 6.07) is 0. The van der Waals surface area contributed by atoms with Crippen LogP contribution in [0.2, 0.25) is 0 Å². The zero-order valence-electron chi connectivity index (χ0n) is 10.1. The molecule has 2 N–H and O–H groups in total. The Hall–Kier alpha value is -0.120. The minimum absolute atomic E-state index is 0.215. The molecule has 3 heteroatoms. The van der Waals surface area contributed by atoms with Crippen LogP contribution in [0.3, 0.4) is 0 Å². The van der Waals surface area contributed by atoms with Crippen LogP contribution in [0, 0.1) is 5.92 Å². The smallest absolute Gasteiger partial charge is 0.100 e. The molecule has 0 aromatic rings. The fourth-order valence-corrected chi connectivity index (χ4v) is 1.57. The van der Waals surface area contributed by atoms with Crippen molar-refractivity contribution in [1.29, 1.82) is 0 Å². The molecule has 0 aliphatic rings. The maximum absolute atomic E-state index is 9.05. The average molecular weight is 218 g/mol. The van der Waals surface area contributed by atoms with E-state index < -0.39 is 6.10 Å². The first kappa shape index (κ1) is 14.9. The van der Waals surface area contributed by atoms with E-state index in [1.807, 2.05) is 0 Å². The van der Waals surface area contributed by atoms with Crippen LogP contribution in [0.1, 0.15) is 46.0 Å². The molecule has 3 nitrogen and oxygen atoms in total. The number of ether oxygens (including phenoxy) is 1. The minimum Gasteiger partial charge on any atom is -0.394 e. The van der Waals surface area contributed by atoms with Gasteiger partial charge in [0.05, 0.1) is 13.2 Å². The standard InChI is InChI=1S/C12H26O3/c1-3-5-6-11(4-2)7-8-15-10-12(14)9-13/h11-14H,3-10H2,1-2H3. The van der Waals surface area contributed by atoms with Gasteiger partial charge in [-0.15, -0.1) is 0 Å². The monoisotopic (exact) mass is 218 g/mol. The topological polar surface area (TPSA) is 49.7 Å². The van der Waals surface area contributed by atoms with Crippen LogP contribution in [0.15, 0.2) is 0 Å². The van der Waals surface area contributed by atoms with Gasteiger partial charge in [-0.3, -0.25) is 0 Å². The first-order valence-electron chi connectivity index (χ1n) is 6.11. The zero-order valence-corrected chi connectivity index (χ0v) is 10.1. The number of unbranched alkanes of at least 4 members (excludes halogenated alkanes) is 1. The Kier molecular flexibility index (Phi) is 10.3. The van der Waals surface area contributed by atoms with Gasteiger partial charge in [-0.1, -0.05) is 39.5 Å². The molecule has 0 aliphatic heterocycles. The zero-order chi connectivity index (χ0) is 11.5. The Labute approximate surface area is 93.5 Å². The molecule has 0 aromatic heterocycles. The fourth-order valence-electron chi connectivity index (χ4n) is 1.57. The van der Waals surface area contributed by atoms with Crippen molar-refractivity contribution in [2.24, 2.45) is 5.92 Å². The van der Waals surface area contributed by atoms with E-state index in [2.05, 4.69) is 13.8 Å². The summed E-state index contributed by atoms with van der Waals surface area (Å²) in [6.45, 7) is 5.15. The molecule has 0 bridgehead atoms. The molecule has 92 valence electrons. The van der Waals surface area contributed by atoms with Crippen molar-refractivity contribution in [2.45, 2.75) is 52.1 Å². The summed E-state index contributed by atoms with van der Waals surface area (Å²) in [5, 5.41) is 17.6. The molecule has 0 spiro atoms. The molecule has 0 fully saturated rings. The van der Waals surface area contributed by atoms with E-state index >= 15 is 0 Å². The van der Waals surface area contributed by atoms with E-state index in [-0.39, 0.29) is 13.2 Å². The van der Waals surface area contributed by atoms with Gasteiger partial charge in [0.25, 0.3) is 0 Å². The number of hydrogen-bond donors (Lipinski definition) is 2. The lowest BCUT2D eigenvalue weighted by atomic mass is 9.96. The molecule has 2 unspecified atom stereocenters. The molecule has 0 aromatic carbocycles. The van der Waals surface area contributed by atoms with Gasteiger partial charge in [0, 0.05) is 6.61 Å². The highest BCUT2D eigenvalue weighted by Crippen LogP contribution is 2.16. The maximum atomic E-state index is 9.05. The normalized spacial score (nSPS) is 15.2. The van der Waals surface area contributed by atoms with Crippen molar-refractivity contribution in [3.8, 4) is 0 Å². The highest BCUT2D eigenvalue weighted by molar-refractivity contribution is 4.57. The lowest BCUT2D eigenvalue weighted by Gasteiger charge is -2.15. The van der Waals surface area contributed by atoms with E-state index in [1.54, 1.807) is 0 Å². The summed E-state index contributed by atoms with van der Waals surface area (Å²) >= 11 is 0. The number of rotatable bonds is 10. The lowest BCUT2D eigenvalue weighted by Crippen LogP contribution is -2.20. The van der Waals surface area contributed by atoms with E-state index in [9.17, 15) is 0 Å². The Morgan fingerprint density at radius 1 is 1.20 bits per heavy atom. The maximum Gasteiger partial charge on any atom is 0.100 e. The van der Waals surface area contributed by atoms with Gasteiger partial charge in [-0.05, 0) is 12.3 Å². The van der Waals surface area contributed by atoms with Crippen molar-refractivity contribution in [3.05, 3.63) is 0 Å². The van der Waals surface area contributed by atoms with Crippen LogP contribution >= 0.6 is 0 Å². The molecule has 0 saturated heterocycles. The molecule has 0 amide bonds. The van der Waals surface area contributed by atoms with Crippen LogP contribution in [0.25, 0.3) is 0 Å². The van der Waals surface area contributed by atoms with Crippen LogP contribution in [-0.4, -0.2) is 36.1 Å². The molecule has 0 aliphatic carbocycles. The first-order valence-corrected chi connectivity index (χ1v) is 6.11. The molecular weight excluding hydrogens is 192 g/mol. The predicted octanol–water partition coefficient (Wildman–Crippen LogP) is 1.96. The van der Waals surface area contributed by atoms with Crippen LogP contribution in [0.4, 0.5) is 0 Å². The molecule has 0 rings (SSSR count). The summed E-state index contributed by atoms with van der Waals surface area (Å²) < 4.78 is 5.29. The molecule has 15 heavy (non-hydrogen) atoms. The van der Waals surface area contributed by atoms with Crippen LogP contribution < -0.4 is 0 Å². The SMILES string of the molecule is CCCCC(CC)CCOCC(O)CO. The van der Waals surface area contributed by atoms with Gasteiger partial charge in [0.1, 0.15) is 6.10 Å². The molecule has 2 atom stereocenters. The van der Waals surface area contributed by atoms with Crippen molar-refractivity contribution in [2.75, 3.05) is 19.8 Å². The first-order chi connectivity index (χ1) is 7.24. The quantitative estimate of drug-likeness (QED) is 0.551. The van der Waals surface area contributed by atoms with Gasteiger partial charge in [0.2, 0.25) is 0 Å². The van der Waals surface area contributed by atoms with Gasteiger partial charge in [0.15, 0.2) is 0 Å². The lowest BCUT2D eigenvalue weighted by molar-refractivity contribution is 0.00239. The summed E-state index contributed by atoms with van der Waals surface area (Å²) in [4.78, 5) is 0. The summed E-state index contributed by atoms with van der Waals surface area (Å²) in [7, 11) is 0. The third-order valence-corrected chi connectivity index (χ3v) is 2.73. The van der Waals surface area contributed by atoms with Crippen molar-refractivity contribution in [3.63, 3.8) is 0 Å². The van der Waals surface area contributed by atoms with E-state index in [0.29, 0.717) is 6.61 Å².